The van der Waals surface area contributed by atoms with Crippen LogP contribution < -0.4 is 10.1 Å². The number of carbonyl (C=O) groups excluding carboxylic acids is 1. The SMILES string of the molecule is CC1CN(C(=O)Nc2ccccc2OC(F)F)CC2(CCOC2)O1. The smallest absolute Gasteiger partial charge is 0.387 e. The zero-order valence-electron chi connectivity index (χ0n) is 13.3. The first-order chi connectivity index (χ1) is 11.5. The van der Waals surface area contributed by atoms with Gasteiger partial charge in [-0.15, -0.1) is 0 Å². The molecule has 0 aromatic heterocycles. The van der Waals surface area contributed by atoms with E-state index in [1.165, 1.54) is 12.1 Å². The Hall–Kier alpha value is -1.93. The fourth-order valence-electron chi connectivity index (χ4n) is 3.15. The van der Waals surface area contributed by atoms with Gasteiger partial charge in [0, 0.05) is 19.6 Å². The lowest BCUT2D eigenvalue weighted by Gasteiger charge is -2.42. The third kappa shape index (κ3) is 3.76. The van der Waals surface area contributed by atoms with Gasteiger partial charge in [0.25, 0.3) is 0 Å². The predicted molar refractivity (Wildman–Crippen MR) is 82.4 cm³/mol. The molecule has 2 heterocycles. The molecule has 1 aromatic carbocycles. The molecule has 3 rings (SSSR count). The first-order valence-corrected chi connectivity index (χ1v) is 7.83. The van der Waals surface area contributed by atoms with Crippen molar-refractivity contribution in [2.45, 2.75) is 31.7 Å². The zero-order chi connectivity index (χ0) is 17.2. The van der Waals surface area contributed by atoms with Crippen molar-refractivity contribution < 1.29 is 27.8 Å². The highest BCUT2D eigenvalue weighted by molar-refractivity contribution is 5.91. The second kappa shape index (κ2) is 6.90. The van der Waals surface area contributed by atoms with Crippen LogP contribution >= 0.6 is 0 Å². The number of rotatable bonds is 3. The van der Waals surface area contributed by atoms with E-state index in [1.54, 1.807) is 17.0 Å². The average Bonchev–Trinajstić information content (AvgIpc) is 2.95. The Morgan fingerprint density at radius 1 is 1.46 bits per heavy atom. The second-order valence-corrected chi connectivity index (χ2v) is 6.10. The number of morpholine rings is 1. The van der Waals surface area contributed by atoms with Crippen molar-refractivity contribution in [3.8, 4) is 5.75 Å². The minimum atomic E-state index is -2.95. The van der Waals surface area contributed by atoms with Crippen LogP contribution in [0.5, 0.6) is 5.75 Å². The Labute approximate surface area is 138 Å². The van der Waals surface area contributed by atoms with Gasteiger partial charge in [-0.1, -0.05) is 12.1 Å². The van der Waals surface area contributed by atoms with Crippen molar-refractivity contribution in [2.24, 2.45) is 0 Å². The van der Waals surface area contributed by atoms with Crippen molar-refractivity contribution in [1.82, 2.24) is 4.90 Å². The minimum Gasteiger partial charge on any atom is -0.433 e. The summed E-state index contributed by atoms with van der Waals surface area (Å²) in [5.74, 6) is -0.0685. The summed E-state index contributed by atoms with van der Waals surface area (Å²) in [4.78, 5) is 14.2. The molecule has 1 N–H and O–H groups in total. The Balaban J connectivity index is 1.70. The summed E-state index contributed by atoms with van der Waals surface area (Å²) in [6, 6.07) is 5.74. The van der Waals surface area contributed by atoms with Gasteiger partial charge in [0.2, 0.25) is 0 Å². The molecule has 1 aromatic rings. The van der Waals surface area contributed by atoms with Crippen LogP contribution in [0.4, 0.5) is 19.3 Å². The number of alkyl halides is 2. The van der Waals surface area contributed by atoms with Crippen LogP contribution in [0.15, 0.2) is 24.3 Å². The van der Waals surface area contributed by atoms with E-state index in [4.69, 9.17) is 9.47 Å². The molecule has 2 aliphatic heterocycles. The fraction of sp³-hybridized carbons (Fsp3) is 0.562. The highest BCUT2D eigenvalue weighted by Gasteiger charge is 2.44. The third-order valence-electron chi connectivity index (χ3n) is 4.11. The highest BCUT2D eigenvalue weighted by Crippen LogP contribution is 2.31. The van der Waals surface area contributed by atoms with Crippen molar-refractivity contribution in [2.75, 3.05) is 31.6 Å². The van der Waals surface area contributed by atoms with Gasteiger partial charge in [-0.3, -0.25) is 0 Å². The van der Waals surface area contributed by atoms with Crippen LogP contribution in [-0.4, -0.2) is 55.6 Å². The lowest BCUT2D eigenvalue weighted by atomic mass is 9.99. The van der Waals surface area contributed by atoms with Gasteiger partial charge >= 0.3 is 12.6 Å². The summed E-state index contributed by atoms with van der Waals surface area (Å²) in [6.45, 7) is 0.824. The Kier molecular flexibility index (Phi) is 4.86. The summed E-state index contributed by atoms with van der Waals surface area (Å²) in [5, 5.41) is 2.64. The first kappa shape index (κ1) is 16.9. The van der Waals surface area contributed by atoms with E-state index in [0.29, 0.717) is 26.3 Å². The van der Waals surface area contributed by atoms with Gasteiger partial charge in [0.15, 0.2) is 0 Å². The first-order valence-electron chi connectivity index (χ1n) is 7.83. The number of urea groups is 1. The molecule has 8 heteroatoms. The summed E-state index contributed by atoms with van der Waals surface area (Å²) >= 11 is 0. The number of amides is 2. The van der Waals surface area contributed by atoms with E-state index in [-0.39, 0.29) is 23.6 Å². The summed E-state index contributed by atoms with van der Waals surface area (Å²) in [5.41, 5.74) is -0.271. The van der Waals surface area contributed by atoms with Crippen molar-refractivity contribution in [3.63, 3.8) is 0 Å². The number of benzene rings is 1. The van der Waals surface area contributed by atoms with E-state index in [9.17, 15) is 13.6 Å². The molecule has 132 valence electrons. The number of nitrogens with zero attached hydrogens (tertiary/aromatic N) is 1. The topological polar surface area (TPSA) is 60.0 Å². The van der Waals surface area contributed by atoms with Crippen LogP contribution in [0.25, 0.3) is 0 Å². The number of nitrogens with one attached hydrogen (secondary N) is 1. The maximum absolute atomic E-state index is 12.6. The van der Waals surface area contributed by atoms with Crippen LogP contribution in [0.3, 0.4) is 0 Å². The fourth-order valence-corrected chi connectivity index (χ4v) is 3.15. The number of halogens is 2. The van der Waals surface area contributed by atoms with E-state index >= 15 is 0 Å². The number of hydrogen-bond acceptors (Lipinski definition) is 4. The molecule has 2 amide bonds. The van der Waals surface area contributed by atoms with E-state index in [2.05, 4.69) is 10.1 Å². The molecular formula is C16H20F2N2O4. The van der Waals surface area contributed by atoms with E-state index in [1.807, 2.05) is 6.92 Å². The molecule has 6 nitrogen and oxygen atoms in total. The monoisotopic (exact) mass is 342 g/mol. The highest BCUT2D eigenvalue weighted by atomic mass is 19.3. The lowest BCUT2D eigenvalue weighted by molar-refractivity contribution is -0.136. The van der Waals surface area contributed by atoms with Crippen LogP contribution in [-0.2, 0) is 9.47 Å². The maximum atomic E-state index is 12.6. The zero-order valence-corrected chi connectivity index (χ0v) is 13.3. The number of hydrogen-bond donors (Lipinski definition) is 1. The Morgan fingerprint density at radius 3 is 2.96 bits per heavy atom. The standard InChI is InChI=1S/C16H20F2N2O4/c1-11-8-20(9-16(24-11)6-7-22-10-16)15(21)19-12-4-2-3-5-13(12)23-14(17)18/h2-5,11,14H,6-10H2,1H3,(H,19,21). The van der Waals surface area contributed by atoms with E-state index < -0.39 is 12.2 Å². The molecule has 24 heavy (non-hydrogen) atoms. The van der Waals surface area contributed by atoms with Crippen LogP contribution in [0.2, 0.25) is 0 Å². The molecule has 0 saturated carbocycles. The number of carbonyl (C=O) groups is 1. The van der Waals surface area contributed by atoms with Gasteiger partial charge in [-0.25, -0.2) is 4.79 Å². The molecule has 0 bridgehead atoms. The molecule has 1 spiro atoms. The molecule has 2 unspecified atom stereocenters. The summed E-state index contributed by atoms with van der Waals surface area (Å²) in [7, 11) is 0. The Bertz CT molecular complexity index is 593. The van der Waals surface area contributed by atoms with Crippen LogP contribution in [0, 0.1) is 0 Å². The van der Waals surface area contributed by atoms with Gasteiger partial charge in [0.1, 0.15) is 11.4 Å². The largest absolute Gasteiger partial charge is 0.433 e. The predicted octanol–water partition coefficient (Wildman–Crippen LogP) is 2.70. The lowest BCUT2D eigenvalue weighted by Crippen LogP contribution is -2.57. The third-order valence-corrected chi connectivity index (χ3v) is 4.11. The summed E-state index contributed by atoms with van der Waals surface area (Å²) < 4.78 is 40.8. The molecule has 2 saturated heterocycles. The normalized spacial score (nSPS) is 26.8. The number of ether oxygens (including phenoxy) is 3. The van der Waals surface area contributed by atoms with Gasteiger partial charge in [0.05, 0.1) is 24.9 Å². The van der Waals surface area contributed by atoms with Gasteiger partial charge in [-0.2, -0.15) is 8.78 Å². The van der Waals surface area contributed by atoms with Gasteiger partial charge in [-0.05, 0) is 19.1 Å². The van der Waals surface area contributed by atoms with Crippen LogP contribution in [0.1, 0.15) is 13.3 Å². The molecule has 2 fully saturated rings. The van der Waals surface area contributed by atoms with Gasteiger partial charge < -0.3 is 24.4 Å². The molecule has 0 radical (unpaired) electrons. The maximum Gasteiger partial charge on any atom is 0.387 e. The molecular weight excluding hydrogens is 322 g/mol. The second-order valence-electron chi connectivity index (χ2n) is 6.10. The molecule has 0 aliphatic carbocycles. The minimum absolute atomic E-state index is 0.0685. The van der Waals surface area contributed by atoms with Crippen molar-refractivity contribution >= 4 is 11.7 Å². The summed E-state index contributed by atoms with van der Waals surface area (Å²) in [6.07, 6.45) is 0.602. The number of anilines is 1. The number of para-hydroxylation sites is 2. The molecule has 2 aliphatic rings. The van der Waals surface area contributed by atoms with Crippen molar-refractivity contribution in [1.29, 1.82) is 0 Å². The molecule has 2 atom stereocenters. The average molecular weight is 342 g/mol. The van der Waals surface area contributed by atoms with E-state index in [0.717, 1.165) is 6.42 Å². The van der Waals surface area contributed by atoms with Crippen molar-refractivity contribution in [3.05, 3.63) is 24.3 Å². The quantitative estimate of drug-likeness (QED) is 0.918. The Morgan fingerprint density at radius 2 is 2.25 bits per heavy atom.